The molecule has 0 aromatic rings. The largest absolute Gasteiger partial charge is 0.465 e. The van der Waals surface area contributed by atoms with Crippen LogP contribution in [0.4, 0.5) is 0 Å². The number of esters is 1. The normalized spacial score (nSPS) is 43.0. The summed E-state index contributed by atoms with van der Waals surface area (Å²) in [6.07, 6.45) is -7.27. The van der Waals surface area contributed by atoms with Crippen molar-refractivity contribution >= 4 is 5.97 Å². The zero-order valence-electron chi connectivity index (χ0n) is 12.7. The molecule has 0 amide bonds. The van der Waals surface area contributed by atoms with E-state index in [1.54, 1.807) is 13.8 Å². The van der Waals surface area contributed by atoms with Crippen LogP contribution in [-0.4, -0.2) is 69.8 Å². The first-order valence-electron chi connectivity index (χ1n) is 7.16. The van der Waals surface area contributed by atoms with Crippen LogP contribution in [-0.2, 0) is 19.0 Å². The molecule has 2 heterocycles. The first-order valence-corrected chi connectivity index (χ1v) is 7.16. The standard InChI is InChI=1S/C14H22O8/c1-5-7(3)20-13(19)6(2)12(5)22-14-11(18)10(17)9(16)8(4-15)21-14/h5,7-11,14-18H,4H2,1-3H3/t5-,7+,8-,9-,10+,11-,14?/m1/s1. The van der Waals surface area contributed by atoms with Crippen LogP contribution < -0.4 is 0 Å². The van der Waals surface area contributed by atoms with Crippen molar-refractivity contribution in [3.05, 3.63) is 11.3 Å². The molecular formula is C14H22O8. The number of carbonyl (C=O) groups excluding carboxylic acids is 1. The van der Waals surface area contributed by atoms with Crippen molar-refractivity contribution in [1.82, 2.24) is 0 Å². The average molecular weight is 318 g/mol. The fourth-order valence-electron chi connectivity index (χ4n) is 2.50. The Kier molecular flexibility index (Phi) is 5.08. The highest BCUT2D eigenvalue weighted by Gasteiger charge is 2.46. The summed E-state index contributed by atoms with van der Waals surface area (Å²) in [5.74, 6) is -0.483. The van der Waals surface area contributed by atoms with E-state index in [1.807, 2.05) is 0 Å². The first kappa shape index (κ1) is 17.2. The lowest BCUT2D eigenvalue weighted by molar-refractivity contribution is -0.294. The molecule has 7 atom stereocenters. The van der Waals surface area contributed by atoms with E-state index in [1.165, 1.54) is 6.92 Å². The number of rotatable bonds is 3. The zero-order chi connectivity index (χ0) is 16.6. The highest BCUT2D eigenvalue weighted by molar-refractivity contribution is 5.89. The number of ether oxygens (including phenoxy) is 3. The fourth-order valence-corrected chi connectivity index (χ4v) is 2.50. The molecule has 4 N–H and O–H groups in total. The van der Waals surface area contributed by atoms with Gasteiger partial charge in [-0.1, -0.05) is 6.92 Å². The molecule has 1 saturated heterocycles. The van der Waals surface area contributed by atoms with E-state index >= 15 is 0 Å². The maximum atomic E-state index is 11.7. The maximum absolute atomic E-state index is 11.7. The molecule has 0 saturated carbocycles. The predicted molar refractivity (Wildman–Crippen MR) is 72.3 cm³/mol. The second kappa shape index (κ2) is 6.51. The minimum Gasteiger partial charge on any atom is -0.465 e. The Morgan fingerprint density at radius 2 is 1.77 bits per heavy atom. The molecule has 8 heteroatoms. The molecule has 2 aliphatic heterocycles. The molecule has 1 unspecified atom stereocenters. The summed E-state index contributed by atoms with van der Waals surface area (Å²) >= 11 is 0. The van der Waals surface area contributed by atoms with Crippen LogP contribution in [0.5, 0.6) is 0 Å². The van der Waals surface area contributed by atoms with Crippen LogP contribution >= 0.6 is 0 Å². The average Bonchev–Trinajstić information content (AvgIpc) is 2.49. The summed E-state index contributed by atoms with van der Waals surface area (Å²) in [7, 11) is 0. The van der Waals surface area contributed by atoms with Crippen molar-refractivity contribution in [3.63, 3.8) is 0 Å². The third-order valence-electron chi connectivity index (χ3n) is 4.18. The SMILES string of the molecule is CC1=C(OC2O[C@H](CO)[C@@H](O)[C@H](O)[C@H]2O)[C@H](C)[C@H](C)OC1=O. The molecule has 2 aliphatic rings. The molecule has 0 radical (unpaired) electrons. The van der Waals surface area contributed by atoms with Crippen LogP contribution in [0.15, 0.2) is 11.3 Å². The molecule has 22 heavy (non-hydrogen) atoms. The number of hydrogen-bond donors (Lipinski definition) is 4. The van der Waals surface area contributed by atoms with E-state index in [0.29, 0.717) is 5.76 Å². The Bertz CT molecular complexity index is 460. The fraction of sp³-hybridized carbons (Fsp3) is 0.786. The predicted octanol–water partition coefficient (Wildman–Crippen LogP) is -1.34. The molecule has 0 aliphatic carbocycles. The third-order valence-corrected chi connectivity index (χ3v) is 4.18. The highest BCUT2D eigenvalue weighted by Crippen LogP contribution is 2.32. The molecular weight excluding hydrogens is 296 g/mol. The van der Waals surface area contributed by atoms with Crippen molar-refractivity contribution in [2.45, 2.75) is 57.6 Å². The van der Waals surface area contributed by atoms with Gasteiger partial charge in [0, 0.05) is 0 Å². The molecule has 2 rings (SSSR count). The first-order chi connectivity index (χ1) is 10.3. The molecule has 8 nitrogen and oxygen atoms in total. The lowest BCUT2D eigenvalue weighted by Gasteiger charge is -2.41. The lowest BCUT2D eigenvalue weighted by atomic mass is 9.96. The Morgan fingerprint density at radius 1 is 1.14 bits per heavy atom. The van der Waals surface area contributed by atoms with E-state index in [9.17, 15) is 20.1 Å². The molecule has 0 bridgehead atoms. The molecule has 0 aromatic carbocycles. The van der Waals surface area contributed by atoms with Crippen LogP contribution in [0.2, 0.25) is 0 Å². The topological polar surface area (TPSA) is 126 Å². The lowest BCUT2D eigenvalue weighted by Crippen LogP contribution is -2.59. The zero-order valence-corrected chi connectivity index (χ0v) is 12.7. The Balaban J connectivity index is 2.21. The minimum atomic E-state index is -1.53. The number of aliphatic hydroxyl groups is 4. The van der Waals surface area contributed by atoms with E-state index in [-0.39, 0.29) is 11.5 Å². The van der Waals surface area contributed by atoms with Crippen molar-refractivity contribution in [2.24, 2.45) is 5.92 Å². The van der Waals surface area contributed by atoms with Crippen LogP contribution in [0.25, 0.3) is 0 Å². The summed E-state index contributed by atoms with van der Waals surface area (Å²) in [4.78, 5) is 11.7. The van der Waals surface area contributed by atoms with Gasteiger partial charge in [0.1, 0.15) is 36.3 Å². The Labute approximate surface area is 127 Å². The summed E-state index contributed by atoms with van der Waals surface area (Å²) in [5.41, 5.74) is 0.252. The van der Waals surface area contributed by atoms with Gasteiger partial charge in [-0.15, -0.1) is 0 Å². The second-order valence-electron chi connectivity index (χ2n) is 5.70. The quantitative estimate of drug-likeness (QED) is 0.471. The minimum absolute atomic E-state index is 0.252. The monoisotopic (exact) mass is 318 g/mol. The molecule has 0 spiro atoms. The van der Waals surface area contributed by atoms with Gasteiger partial charge in [0.15, 0.2) is 0 Å². The van der Waals surface area contributed by atoms with E-state index in [2.05, 4.69) is 0 Å². The van der Waals surface area contributed by atoms with Crippen LogP contribution in [0, 0.1) is 5.92 Å². The van der Waals surface area contributed by atoms with E-state index in [4.69, 9.17) is 19.3 Å². The maximum Gasteiger partial charge on any atom is 0.337 e. The molecule has 1 fully saturated rings. The van der Waals surface area contributed by atoms with Gasteiger partial charge in [0.25, 0.3) is 0 Å². The van der Waals surface area contributed by atoms with Crippen molar-refractivity contribution in [2.75, 3.05) is 6.61 Å². The van der Waals surface area contributed by atoms with Gasteiger partial charge in [0.05, 0.1) is 18.1 Å². The van der Waals surface area contributed by atoms with Gasteiger partial charge in [0.2, 0.25) is 6.29 Å². The third kappa shape index (κ3) is 2.97. The van der Waals surface area contributed by atoms with Crippen molar-refractivity contribution in [3.8, 4) is 0 Å². The Hall–Kier alpha value is -1.19. The number of cyclic esters (lactones) is 1. The van der Waals surface area contributed by atoms with Crippen molar-refractivity contribution < 1.29 is 39.4 Å². The Morgan fingerprint density at radius 3 is 2.36 bits per heavy atom. The summed E-state index contributed by atoms with van der Waals surface area (Å²) < 4.78 is 16.0. The van der Waals surface area contributed by atoms with Gasteiger partial charge >= 0.3 is 5.97 Å². The van der Waals surface area contributed by atoms with Gasteiger partial charge < -0.3 is 34.6 Å². The van der Waals surface area contributed by atoms with Crippen molar-refractivity contribution in [1.29, 1.82) is 0 Å². The van der Waals surface area contributed by atoms with Gasteiger partial charge in [-0.3, -0.25) is 0 Å². The summed E-state index contributed by atoms with van der Waals surface area (Å²) in [6, 6.07) is 0. The van der Waals surface area contributed by atoms with Gasteiger partial charge in [-0.05, 0) is 13.8 Å². The molecule has 126 valence electrons. The summed E-state index contributed by atoms with van der Waals surface area (Å²) in [5, 5.41) is 38.6. The van der Waals surface area contributed by atoms with Gasteiger partial charge in [-0.2, -0.15) is 0 Å². The van der Waals surface area contributed by atoms with E-state index < -0.39 is 49.4 Å². The summed E-state index contributed by atoms with van der Waals surface area (Å²) in [6.45, 7) is 4.49. The number of aliphatic hydroxyl groups excluding tert-OH is 4. The van der Waals surface area contributed by atoms with E-state index in [0.717, 1.165) is 0 Å². The highest BCUT2D eigenvalue weighted by atomic mass is 16.7. The number of hydrogen-bond acceptors (Lipinski definition) is 8. The smallest absolute Gasteiger partial charge is 0.337 e. The number of carbonyl (C=O) groups is 1. The second-order valence-corrected chi connectivity index (χ2v) is 5.70. The van der Waals surface area contributed by atoms with Gasteiger partial charge in [-0.25, -0.2) is 4.79 Å². The molecule has 0 aromatic heterocycles. The van der Waals surface area contributed by atoms with Crippen LogP contribution in [0.3, 0.4) is 0 Å². The van der Waals surface area contributed by atoms with Crippen LogP contribution in [0.1, 0.15) is 20.8 Å².